The van der Waals surface area contributed by atoms with Crippen molar-refractivity contribution in [2.24, 2.45) is 11.8 Å². The fourth-order valence-corrected chi connectivity index (χ4v) is 3.69. The van der Waals surface area contributed by atoms with E-state index < -0.39 is 73.5 Å². The molecule has 9 atom stereocenters. The summed E-state index contributed by atoms with van der Waals surface area (Å²) in [5.41, 5.74) is 0. The first kappa shape index (κ1) is 21.0. The number of aliphatic hydroxyl groups is 4. The van der Waals surface area contributed by atoms with E-state index in [9.17, 15) is 30.0 Å². The van der Waals surface area contributed by atoms with Gasteiger partial charge in [0, 0.05) is 12.8 Å². The monoisotopic (exact) mass is 404 g/mol. The van der Waals surface area contributed by atoms with Crippen LogP contribution in [0.15, 0.2) is 12.0 Å². The van der Waals surface area contributed by atoms with E-state index in [4.69, 9.17) is 23.7 Å². The second-order valence-corrected chi connectivity index (χ2v) is 7.03. The number of allylic oxidation sites excluding steroid dienone is 1. The summed E-state index contributed by atoms with van der Waals surface area (Å²) in [6, 6.07) is 0. The number of cyclic esters (lactones) is 1. The quantitative estimate of drug-likeness (QED) is 0.389. The van der Waals surface area contributed by atoms with Gasteiger partial charge in [0.1, 0.15) is 42.5 Å². The molecule has 0 aromatic rings. The highest BCUT2D eigenvalue weighted by molar-refractivity contribution is 5.72. The number of carbonyl (C=O) groups excluding carboxylic acids is 2. The number of carbonyl (C=O) groups is 2. The lowest BCUT2D eigenvalue weighted by atomic mass is 9.80. The number of hydrogen-bond acceptors (Lipinski definition) is 11. The smallest absolute Gasteiger partial charge is 0.307 e. The lowest BCUT2D eigenvalue weighted by Gasteiger charge is -2.45. The molecule has 0 amide bonds. The van der Waals surface area contributed by atoms with Gasteiger partial charge in [0.15, 0.2) is 6.29 Å². The molecule has 28 heavy (non-hydrogen) atoms. The minimum atomic E-state index is -1.61. The van der Waals surface area contributed by atoms with Gasteiger partial charge in [0.05, 0.1) is 18.9 Å². The van der Waals surface area contributed by atoms with E-state index >= 15 is 0 Å². The Morgan fingerprint density at radius 3 is 2.57 bits per heavy atom. The zero-order valence-electron chi connectivity index (χ0n) is 15.3. The Morgan fingerprint density at radius 2 is 1.93 bits per heavy atom. The van der Waals surface area contributed by atoms with E-state index in [0.29, 0.717) is 0 Å². The average molecular weight is 404 g/mol. The summed E-state index contributed by atoms with van der Waals surface area (Å²) in [6.45, 7) is 2.24. The van der Waals surface area contributed by atoms with Crippen LogP contribution in [0.25, 0.3) is 0 Å². The van der Waals surface area contributed by atoms with E-state index in [2.05, 4.69) is 0 Å². The summed E-state index contributed by atoms with van der Waals surface area (Å²) in [7, 11) is 0. The summed E-state index contributed by atoms with van der Waals surface area (Å²) >= 11 is 0. The van der Waals surface area contributed by atoms with Crippen LogP contribution in [-0.4, -0.2) is 82.1 Å². The van der Waals surface area contributed by atoms with Crippen molar-refractivity contribution in [1.82, 2.24) is 0 Å². The molecular weight excluding hydrogens is 380 g/mol. The molecule has 0 saturated carbocycles. The van der Waals surface area contributed by atoms with Crippen LogP contribution in [0.1, 0.15) is 20.3 Å². The van der Waals surface area contributed by atoms with Crippen LogP contribution < -0.4 is 0 Å². The fourth-order valence-electron chi connectivity index (χ4n) is 3.69. The second kappa shape index (κ2) is 8.31. The van der Waals surface area contributed by atoms with Gasteiger partial charge in [-0.05, 0) is 6.92 Å². The van der Waals surface area contributed by atoms with Crippen molar-refractivity contribution in [3.05, 3.63) is 12.0 Å². The number of aliphatic hydroxyl groups excluding tert-OH is 4. The highest BCUT2D eigenvalue weighted by Gasteiger charge is 2.51. The molecule has 4 N–H and O–H groups in total. The van der Waals surface area contributed by atoms with Crippen LogP contribution in [0.5, 0.6) is 0 Å². The van der Waals surface area contributed by atoms with E-state index in [1.54, 1.807) is 6.92 Å². The number of hydrogen-bond donors (Lipinski definition) is 4. The van der Waals surface area contributed by atoms with Crippen molar-refractivity contribution >= 4 is 11.9 Å². The van der Waals surface area contributed by atoms with Gasteiger partial charge in [-0.2, -0.15) is 0 Å². The van der Waals surface area contributed by atoms with Gasteiger partial charge in [-0.3, -0.25) is 9.59 Å². The molecule has 3 heterocycles. The van der Waals surface area contributed by atoms with Crippen molar-refractivity contribution in [3.8, 4) is 0 Å². The Hall–Kier alpha value is -1.76. The minimum absolute atomic E-state index is 0.0635. The summed E-state index contributed by atoms with van der Waals surface area (Å²) in [5.74, 6) is -2.04. The van der Waals surface area contributed by atoms with Gasteiger partial charge in [-0.1, -0.05) is 0 Å². The maximum Gasteiger partial charge on any atom is 0.307 e. The second-order valence-electron chi connectivity index (χ2n) is 7.03. The predicted octanol–water partition coefficient (Wildman–Crippen LogP) is -1.87. The SMILES string of the molecule is CC(=O)OC1=CO[C@@H](O[C@@H]2O[C@H](CO)[C@@H](O)[C@@H](O)[C@H]2O)[C@@H]2C(C)OC(=O)C[C@H]12. The first-order chi connectivity index (χ1) is 13.2. The molecule has 2 saturated heterocycles. The third kappa shape index (κ3) is 4.00. The molecule has 0 spiro atoms. The topological polar surface area (TPSA) is 161 Å². The molecule has 158 valence electrons. The molecule has 0 bridgehead atoms. The first-order valence-corrected chi connectivity index (χ1v) is 8.92. The Bertz CT molecular complexity index is 633. The van der Waals surface area contributed by atoms with Crippen LogP contribution in [0.2, 0.25) is 0 Å². The summed E-state index contributed by atoms with van der Waals surface area (Å²) < 4.78 is 26.9. The zero-order chi connectivity index (χ0) is 20.6. The predicted molar refractivity (Wildman–Crippen MR) is 86.7 cm³/mol. The maximum absolute atomic E-state index is 11.8. The van der Waals surface area contributed by atoms with Gasteiger partial charge in [-0.15, -0.1) is 0 Å². The lowest BCUT2D eigenvalue weighted by molar-refractivity contribution is -0.347. The number of esters is 2. The highest BCUT2D eigenvalue weighted by atomic mass is 16.8. The van der Waals surface area contributed by atoms with Gasteiger partial charge in [0.25, 0.3) is 0 Å². The molecule has 3 rings (SSSR count). The first-order valence-electron chi connectivity index (χ1n) is 8.92. The molecule has 11 heteroatoms. The molecule has 3 aliphatic heterocycles. The van der Waals surface area contributed by atoms with Crippen LogP contribution in [0.3, 0.4) is 0 Å². The van der Waals surface area contributed by atoms with Gasteiger partial charge >= 0.3 is 11.9 Å². The molecule has 3 aliphatic rings. The number of fused-ring (bicyclic) bond motifs is 1. The largest absolute Gasteiger partial charge is 0.468 e. The van der Waals surface area contributed by atoms with Crippen molar-refractivity contribution < 1.29 is 53.7 Å². The summed E-state index contributed by atoms with van der Waals surface area (Å²) in [5, 5.41) is 39.2. The molecule has 1 unspecified atom stereocenters. The molecule has 2 fully saturated rings. The van der Waals surface area contributed by atoms with Crippen LogP contribution in [0.4, 0.5) is 0 Å². The third-order valence-corrected chi connectivity index (χ3v) is 5.09. The minimum Gasteiger partial charge on any atom is -0.468 e. The standard InChI is InChI=1S/C17H24O11/c1-6-12-8(3-11(20)25-6)10(26-7(2)19)5-24-16(12)28-17-15(23)14(22)13(21)9(4-18)27-17/h5-6,8-9,12-18,21-23H,3-4H2,1-2H3/t6?,8-,9-,12-,13-,14-,15-,16+,17+/m1/s1. The Labute approximate surface area is 160 Å². The van der Waals surface area contributed by atoms with Crippen molar-refractivity contribution in [2.45, 2.75) is 63.4 Å². The Morgan fingerprint density at radius 1 is 1.21 bits per heavy atom. The van der Waals surface area contributed by atoms with Crippen LogP contribution in [-0.2, 0) is 33.3 Å². The molecule has 0 aromatic carbocycles. The lowest BCUT2D eigenvalue weighted by Crippen LogP contribution is -2.61. The number of rotatable bonds is 4. The summed E-state index contributed by atoms with van der Waals surface area (Å²) in [6.07, 6.45) is -7.95. The van der Waals surface area contributed by atoms with E-state index in [-0.39, 0.29) is 12.2 Å². The van der Waals surface area contributed by atoms with Gasteiger partial charge in [-0.25, -0.2) is 0 Å². The Balaban J connectivity index is 1.80. The van der Waals surface area contributed by atoms with Crippen molar-refractivity contribution in [3.63, 3.8) is 0 Å². The molecule has 11 nitrogen and oxygen atoms in total. The zero-order valence-corrected chi connectivity index (χ0v) is 15.3. The average Bonchev–Trinajstić information content (AvgIpc) is 2.63. The molecule has 0 aromatic heterocycles. The van der Waals surface area contributed by atoms with E-state index in [1.807, 2.05) is 0 Å². The molecule has 0 aliphatic carbocycles. The summed E-state index contributed by atoms with van der Waals surface area (Å²) in [4.78, 5) is 23.2. The maximum atomic E-state index is 11.8. The number of ether oxygens (including phenoxy) is 5. The van der Waals surface area contributed by atoms with Crippen LogP contribution >= 0.6 is 0 Å². The van der Waals surface area contributed by atoms with Gasteiger partial charge in [0.2, 0.25) is 6.29 Å². The van der Waals surface area contributed by atoms with Crippen LogP contribution in [0, 0.1) is 11.8 Å². The Kier molecular flexibility index (Phi) is 6.22. The van der Waals surface area contributed by atoms with Crippen molar-refractivity contribution in [2.75, 3.05) is 6.61 Å². The fraction of sp³-hybridized carbons (Fsp3) is 0.765. The van der Waals surface area contributed by atoms with E-state index in [0.717, 1.165) is 6.26 Å². The molecule has 0 radical (unpaired) electrons. The normalized spacial score (nSPS) is 43.3. The highest BCUT2D eigenvalue weighted by Crippen LogP contribution is 2.41. The van der Waals surface area contributed by atoms with E-state index in [1.165, 1.54) is 6.92 Å². The van der Waals surface area contributed by atoms with Gasteiger partial charge < -0.3 is 44.1 Å². The van der Waals surface area contributed by atoms with Crippen molar-refractivity contribution in [1.29, 1.82) is 0 Å². The molecular formula is C17H24O11. The third-order valence-electron chi connectivity index (χ3n) is 5.09.